The van der Waals surface area contributed by atoms with Crippen LogP contribution in [0.3, 0.4) is 0 Å². The van der Waals surface area contributed by atoms with E-state index in [1.807, 2.05) is 13.8 Å². The van der Waals surface area contributed by atoms with Crippen molar-refractivity contribution in [3.05, 3.63) is 0 Å². The lowest BCUT2D eigenvalue weighted by Crippen LogP contribution is -2.47. The zero-order valence-electron chi connectivity index (χ0n) is 10.9. The van der Waals surface area contributed by atoms with Crippen molar-refractivity contribution in [1.82, 2.24) is 4.90 Å². The number of aliphatic hydroxyl groups excluding tert-OH is 1. The van der Waals surface area contributed by atoms with Crippen LogP contribution in [-0.4, -0.2) is 61.5 Å². The summed E-state index contributed by atoms with van der Waals surface area (Å²) in [5.41, 5.74) is 0. The summed E-state index contributed by atoms with van der Waals surface area (Å²) in [7, 11) is 1.36. The molecule has 0 radical (unpaired) electrons. The standard InChI is InChI=1S/C12H23NO4/c1-9(2)17-7-6-13-5-4-11(14)10(8-13)12(15)16-3/h9-11,14H,4-8H2,1-3H3/t10-,11-/m1/s1. The highest BCUT2D eigenvalue weighted by Gasteiger charge is 2.33. The van der Waals surface area contributed by atoms with Gasteiger partial charge < -0.3 is 14.6 Å². The molecule has 1 saturated heterocycles. The number of carbonyl (C=O) groups is 1. The van der Waals surface area contributed by atoms with Gasteiger partial charge in [0.05, 0.1) is 31.8 Å². The number of hydrogen-bond acceptors (Lipinski definition) is 5. The van der Waals surface area contributed by atoms with Gasteiger partial charge in [-0.1, -0.05) is 0 Å². The summed E-state index contributed by atoms with van der Waals surface area (Å²) >= 11 is 0. The van der Waals surface area contributed by atoms with Crippen LogP contribution in [0.4, 0.5) is 0 Å². The van der Waals surface area contributed by atoms with Gasteiger partial charge in [0.2, 0.25) is 0 Å². The monoisotopic (exact) mass is 245 g/mol. The maximum Gasteiger partial charge on any atom is 0.312 e. The average Bonchev–Trinajstić information content (AvgIpc) is 2.30. The molecule has 0 spiro atoms. The molecule has 0 bridgehead atoms. The van der Waals surface area contributed by atoms with Gasteiger partial charge in [-0.2, -0.15) is 0 Å². The van der Waals surface area contributed by atoms with Gasteiger partial charge in [-0.15, -0.1) is 0 Å². The molecule has 5 nitrogen and oxygen atoms in total. The fourth-order valence-electron chi connectivity index (χ4n) is 2.01. The molecule has 1 aliphatic heterocycles. The molecule has 0 aromatic carbocycles. The second kappa shape index (κ2) is 6.93. The lowest BCUT2D eigenvalue weighted by molar-refractivity contribution is -0.152. The van der Waals surface area contributed by atoms with E-state index in [0.717, 1.165) is 13.1 Å². The number of methoxy groups -OCH3 is 1. The minimum absolute atomic E-state index is 0.224. The van der Waals surface area contributed by atoms with Crippen LogP contribution in [0.2, 0.25) is 0 Å². The number of rotatable bonds is 5. The average molecular weight is 245 g/mol. The van der Waals surface area contributed by atoms with E-state index in [1.54, 1.807) is 0 Å². The molecule has 0 aliphatic carbocycles. The highest BCUT2D eigenvalue weighted by molar-refractivity contribution is 5.73. The topological polar surface area (TPSA) is 59.0 Å². The molecule has 0 amide bonds. The number of hydrogen-bond donors (Lipinski definition) is 1. The lowest BCUT2D eigenvalue weighted by Gasteiger charge is -2.34. The first-order valence-electron chi connectivity index (χ1n) is 6.14. The van der Waals surface area contributed by atoms with Crippen LogP contribution < -0.4 is 0 Å². The number of ether oxygens (including phenoxy) is 2. The Labute approximate surface area is 103 Å². The van der Waals surface area contributed by atoms with Crippen molar-refractivity contribution < 1.29 is 19.4 Å². The first-order valence-corrected chi connectivity index (χ1v) is 6.14. The van der Waals surface area contributed by atoms with Crippen molar-refractivity contribution in [2.45, 2.75) is 32.5 Å². The van der Waals surface area contributed by atoms with Crippen molar-refractivity contribution in [2.24, 2.45) is 5.92 Å². The Balaban J connectivity index is 2.36. The Morgan fingerprint density at radius 3 is 2.82 bits per heavy atom. The molecular formula is C12H23NO4. The van der Waals surface area contributed by atoms with Crippen molar-refractivity contribution >= 4 is 5.97 Å². The number of piperidine rings is 1. The molecule has 17 heavy (non-hydrogen) atoms. The fraction of sp³-hybridized carbons (Fsp3) is 0.917. The molecule has 2 atom stereocenters. The largest absolute Gasteiger partial charge is 0.469 e. The number of esters is 1. The van der Waals surface area contributed by atoms with Gasteiger partial charge in [-0.3, -0.25) is 9.69 Å². The molecule has 0 aromatic heterocycles. The van der Waals surface area contributed by atoms with E-state index in [9.17, 15) is 9.90 Å². The van der Waals surface area contributed by atoms with Gasteiger partial charge in [0.25, 0.3) is 0 Å². The Morgan fingerprint density at radius 1 is 1.53 bits per heavy atom. The van der Waals surface area contributed by atoms with Crippen LogP contribution >= 0.6 is 0 Å². The number of aliphatic hydroxyl groups is 1. The van der Waals surface area contributed by atoms with E-state index in [2.05, 4.69) is 4.90 Å². The number of likely N-dealkylation sites (tertiary alicyclic amines) is 1. The molecule has 1 aliphatic rings. The minimum atomic E-state index is -0.579. The van der Waals surface area contributed by atoms with Gasteiger partial charge in [0, 0.05) is 19.6 Å². The third kappa shape index (κ3) is 4.61. The minimum Gasteiger partial charge on any atom is -0.469 e. The normalized spacial score (nSPS) is 26.2. The van der Waals surface area contributed by atoms with Crippen LogP contribution in [0, 0.1) is 5.92 Å². The Morgan fingerprint density at radius 2 is 2.24 bits per heavy atom. The third-order valence-corrected chi connectivity index (χ3v) is 3.02. The molecular weight excluding hydrogens is 222 g/mol. The summed E-state index contributed by atoms with van der Waals surface area (Å²) < 4.78 is 10.2. The highest BCUT2D eigenvalue weighted by Crippen LogP contribution is 2.18. The van der Waals surface area contributed by atoms with Crippen LogP contribution in [-0.2, 0) is 14.3 Å². The molecule has 1 N–H and O–H groups in total. The maximum atomic E-state index is 11.5. The van der Waals surface area contributed by atoms with Gasteiger partial charge in [-0.25, -0.2) is 0 Å². The first-order chi connectivity index (χ1) is 8.04. The van der Waals surface area contributed by atoms with E-state index >= 15 is 0 Å². The zero-order chi connectivity index (χ0) is 12.8. The maximum absolute atomic E-state index is 11.5. The summed E-state index contributed by atoms with van der Waals surface area (Å²) in [6.45, 7) is 6.79. The fourth-order valence-corrected chi connectivity index (χ4v) is 2.01. The summed E-state index contributed by atoms with van der Waals surface area (Å²) in [5.74, 6) is -0.750. The van der Waals surface area contributed by atoms with Crippen molar-refractivity contribution in [2.75, 3.05) is 33.4 Å². The quantitative estimate of drug-likeness (QED) is 0.704. The number of carbonyl (C=O) groups excluding carboxylic acids is 1. The third-order valence-electron chi connectivity index (χ3n) is 3.02. The first kappa shape index (κ1) is 14.4. The predicted molar refractivity (Wildman–Crippen MR) is 63.7 cm³/mol. The second-order valence-corrected chi connectivity index (χ2v) is 4.71. The summed E-state index contributed by atoms with van der Waals surface area (Å²) in [4.78, 5) is 13.6. The van der Waals surface area contributed by atoms with E-state index < -0.39 is 12.0 Å². The molecule has 0 aromatic rings. The van der Waals surface area contributed by atoms with E-state index in [4.69, 9.17) is 9.47 Å². The molecule has 1 fully saturated rings. The Bertz CT molecular complexity index is 245. The summed E-state index contributed by atoms with van der Waals surface area (Å²) in [5, 5.41) is 9.74. The molecule has 0 unspecified atom stereocenters. The number of nitrogens with zero attached hydrogens (tertiary/aromatic N) is 1. The summed E-state index contributed by atoms with van der Waals surface area (Å²) in [6, 6.07) is 0. The molecule has 0 saturated carbocycles. The van der Waals surface area contributed by atoms with E-state index in [1.165, 1.54) is 7.11 Å². The van der Waals surface area contributed by atoms with Crippen LogP contribution in [0.1, 0.15) is 20.3 Å². The van der Waals surface area contributed by atoms with Crippen molar-refractivity contribution in [1.29, 1.82) is 0 Å². The highest BCUT2D eigenvalue weighted by atomic mass is 16.5. The smallest absolute Gasteiger partial charge is 0.312 e. The Hall–Kier alpha value is -0.650. The van der Waals surface area contributed by atoms with Gasteiger partial charge in [-0.05, 0) is 20.3 Å². The molecule has 1 heterocycles. The van der Waals surface area contributed by atoms with Gasteiger partial charge in [0.1, 0.15) is 0 Å². The van der Waals surface area contributed by atoms with Crippen LogP contribution in [0.5, 0.6) is 0 Å². The van der Waals surface area contributed by atoms with E-state index in [0.29, 0.717) is 19.6 Å². The lowest BCUT2D eigenvalue weighted by atomic mass is 9.95. The zero-order valence-corrected chi connectivity index (χ0v) is 10.9. The molecule has 100 valence electrons. The van der Waals surface area contributed by atoms with Crippen molar-refractivity contribution in [3.63, 3.8) is 0 Å². The SMILES string of the molecule is COC(=O)[C@@H]1CN(CCOC(C)C)CC[C@H]1O. The summed E-state index contributed by atoms with van der Waals surface area (Å²) in [6.07, 6.45) is 0.257. The molecule has 5 heteroatoms. The van der Waals surface area contributed by atoms with Crippen molar-refractivity contribution in [3.8, 4) is 0 Å². The van der Waals surface area contributed by atoms with Crippen LogP contribution in [0.25, 0.3) is 0 Å². The predicted octanol–water partition coefficient (Wildman–Crippen LogP) is 0.267. The molecule has 1 rings (SSSR count). The Kier molecular flexibility index (Phi) is 5.88. The van der Waals surface area contributed by atoms with Gasteiger partial charge in [0.15, 0.2) is 0 Å². The second-order valence-electron chi connectivity index (χ2n) is 4.71. The van der Waals surface area contributed by atoms with E-state index in [-0.39, 0.29) is 12.1 Å². The van der Waals surface area contributed by atoms with Gasteiger partial charge >= 0.3 is 5.97 Å². The van der Waals surface area contributed by atoms with Crippen LogP contribution in [0.15, 0.2) is 0 Å².